The molecule has 2 rings (SSSR count). The van der Waals surface area contributed by atoms with E-state index in [1.54, 1.807) is 31.0 Å². The summed E-state index contributed by atoms with van der Waals surface area (Å²) in [7, 11) is 1.63. The number of benzene rings is 2. The number of ether oxygens (including phenoxy) is 1. The molecule has 0 saturated heterocycles. The average molecular weight is 255 g/mol. The largest absolute Gasteiger partial charge is 0.497 e. The molecule has 3 heteroatoms. The number of aryl methyl sites for hydroxylation is 1. The number of nitrogens with zero attached hydrogens (tertiary/aromatic N) is 1. The van der Waals surface area contributed by atoms with Gasteiger partial charge in [-0.15, -0.1) is 0 Å². The van der Waals surface area contributed by atoms with E-state index in [0.29, 0.717) is 5.56 Å². The molecule has 0 bridgehead atoms. The molecule has 2 aromatic carbocycles. The maximum absolute atomic E-state index is 9.10. The Kier molecular flexibility index (Phi) is 3.91. The van der Waals surface area contributed by atoms with Crippen molar-refractivity contribution in [2.75, 3.05) is 7.11 Å². The van der Waals surface area contributed by atoms with Crippen LogP contribution in [-0.4, -0.2) is 7.11 Å². The van der Waals surface area contributed by atoms with E-state index in [2.05, 4.69) is 37.3 Å². The Labute approximate surface area is 111 Å². The van der Waals surface area contributed by atoms with Crippen molar-refractivity contribution >= 4 is 11.8 Å². The van der Waals surface area contributed by atoms with E-state index in [0.717, 1.165) is 15.5 Å². The van der Waals surface area contributed by atoms with Crippen LogP contribution in [0.2, 0.25) is 0 Å². The first-order valence-corrected chi connectivity index (χ1v) is 6.37. The van der Waals surface area contributed by atoms with Gasteiger partial charge in [0.1, 0.15) is 11.8 Å². The van der Waals surface area contributed by atoms with E-state index in [4.69, 9.17) is 10.00 Å². The molecule has 90 valence electrons. The summed E-state index contributed by atoms with van der Waals surface area (Å²) in [5.41, 5.74) is 1.90. The first-order chi connectivity index (χ1) is 8.72. The number of methoxy groups -OCH3 is 1. The van der Waals surface area contributed by atoms with Crippen molar-refractivity contribution < 1.29 is 4.74 Å². The molecule has 2 nitrogen and oxygen atoms in total. The van der Waals surface area contributed by atoms with Crippen molar-refractivity contribution in [1.82, 2.24) is 0 Å². The highest BCUT2D eigenvalue weighted by Crippen LogP contribution is 2.32. The molecule has 2 aromatic rings. The smallest absolute Gasteiger partial charge is 0.120 e. The van der Waals surface area contributed by atoms with Crippen LogP contribution >= 0.6 is 11.8 Å². The predicted molar refractivity (Wildman–Crippen MR) is 73.0 cm³/mol. The van der Waals surface area contributed by atoms with E-state index in [-0.39, 0.29) is 0 Å². The zero-order chi connectivity index (χ0) is 13.0. The van der Waals surface area contributed by atoms with Crippen LogP contribution in [0.4, 0.5) is 0 Å². The number of nitriles is 1. The molecule has 0 aliphatic heterocycles. The van der Waals surface area contributed by atoms with Crippen molar-refractivity contribution in [2.45, 2.75) is 16.7 Å². The third kappa shape index (κ3) is 2.85. The van der Waals surface area contributed by atoms with Gasteiger partial charge in [-0.2, -0.15) is 5.26 Å². The van der Waals surface area contributed by atoms with Gasteiger partial charge in [0, 0.05) is 9.79 Å². The molecule has 0 radical (unpaired) electrons. The topological polar surface area (TPSA) is 33.0 Å². The summed E-state index contributed by atoms with van der Waals surface area (Å²) in [6.07, 6.45) is 0. The Balaban J connectivity index is 2.32. The van der Waals surface area contributed by atoms with Gasteiger partial charge in [-0.3, -0.25) is 0 Å². The summed E-state index contributed by atoms with van der Waals surface area (Å²) >= 11 is 1.57. The SMILES string of the molecule is COc1ccc(C#N)c(Sc2ccc(C)cc2)c1. The zero-order valence-corrected chi connectivity index (χ0v) is 11.1. The van der Waals surface area contributed by atoms with Crippen molar-refractivity contribution in [3.8, 4) is 11.8 Å². The van der Waals surface area contributed by atoms with Crippen molar-refractivity contribution in [3.63, 3.8) is 0 Å². The normalized spacial score (nSPS) is 9.83. The Bertz CT molecular complexity index is 584. The summed E-state index contributed by atoms with van der Waals surface area (Å²) < 4.78 is 5.19. The van der Waals surface area contributed by atoms with E-state index < -0.39 is 0 Å². The van der Waals surface area contributed by atoms with Crippen LogP contribution in [0.15, 0.2) is 52.3 Å². The lowest BCUT2D eigenvalue weighted by Crippen LogP contribution is -1.86. The molecule has 18 heavy (non-hydrogen) atoms. The van der Waals surface area contributed by atoms with Crippen LogP contribution in [0.25, 0.3) is 0 Å². The van der Waals surface area contributed by atoms with Crippen molar-refractivity contribution in [1.29, 1.82) is 5.26 Å². The van der Waals surface area contributed by atoms with E-state index in [1.165, 1.54) is 5.56 Å². The van der Waals surface area contributed by atoms with Gasteiger partial charge in [0.25, 0.3) is 0 Å². The summed E-state index contributed by atoms with van der Waals surface area (Å²) in [5, 5.41) is 9.10. The molecule has 0 N–H and O–H groups in total. The second kappa shape index (κ2) is 5.61. The Morgan fingerprint density at radius 3 is 2.44 bits per heavy atom. The maximum atomic E-state index is 9.10. The molecule has 0 aliphatic rings. The van der Waals surface area contributed by atoms with Crippen LogP contribution in [0.3, 0.4) is 0 Å². The molecule has 0 heterocycles. The molecule has 0 aliphatic carbocycles. The highest BCUT2D eigenvalue weighted by molar-refractivity contribution is 7.99. The highest BCUT2D eigenvalue weighted by atomic mass is 32.2. The minimum atomic E-state index is 0.668. The van der Waals surface area contributed by atoms with Gasteiger partial charge in [-0.25, -0.2) is 0 Å². The van der Waals surface area contributed by atoms with Crippen LogP contribution < -0.4 is 4.74 Å². The summed E-state index contributed by atoms with van der Waals surface area (Å²) in [4.78, 5) is 2.03. The van der Waals surface area contributed by atoms with Gasteiger partial charge < -0.3 is 4.74 Å². The molecule has 0 saturated carbocycles. The second-order valence-electron chi connectivity index (χ2n) is 3.89. The fourth-order valence-corrected chi connectivity index (χ4v) is 2.46. The van der Waals surface area contributed by atoms with Gasteiger partial charge in [0.15, 0.2) is 0 Å². The third-order valence-electron chi connectivity index (χ3n) is 2.56. The van der Waals surface area contributed by atoms with Gasteiger partial charge in [0.05, 0.1) is 12.7 Å². The van der Waals surface area contributed by atoms with Crippen molar-refractivity contribution in [3.05, 3.63) is 53.6 Å². The summed E-state index contributed by atoms with van der Waals surface area (Å²) in [5.74, 6) is 0.767. The monoisotopic (exact) mass is 255 g/mol. The molecule has 0 atom stereocenters. The molecule has 0 fully saturated rings. The van der Waals surface area contributed by atoms with Crippen LogP contribution in [0, 0.1) is 18.3 Å². The Morgan fingerprint density at radius 1 is 1.11 bits per heavy atom. The predicted octanol–water partition coefficient (Wildman–Crippen LogP) is 4.03. The number of hydrogen-bond acceptors (Lipinski definition) is 3. The lowest BCUT2D eigenvalue weighted by atomic mass is 10.2. The van der Waals surface area contributed by atoms with Gasteiger partial charge >= 0.3 is 0 Å². The Hall–Kier alpha value is -1.92. The first kappa shape index (κ1) is 12.5. The minimum absolute atomic E-state index is 0.668. The number of rotatable bonds is 3. The number of hydrogen-bond donors (Lipinski definition) is 0. The van der Waals surface area contributed by atoms with Crippen LogP contribution in [0.1, 0.15) is 11.1 Å². The highest BCUT2D eigenvalue weighted by Gasteiger charge is 2.06. The Morgan fingerprint density at radius 2 is 1.83 bits per heavy atom. The average Bonchev–Trinajstić information content (AvgIpc) is 2.41. The fraction of sp³-hybridized carbons (Fsp3) is 0.133. The van der Waals surface area contributed by atoms with E-state index in [1.807, 2.05) is 6.07 Å². The van der Waals surface area contributed by atoms with Crippen LogP contribution in [-0.2, 0) is 0 Å². The third-order valence-corrected chi connectivity index (χ3v) is 3.62. The standard InChI is InChI=1S/C15H13NOS/c1-11-3-7-14(8-4-11)18-15-9-13(17-2)6-5-12(15)10-16/h3-9H,1-2H3. The van der Waals surface area contributed by atoms with Crippen LogP contribution in [0.5, 0.6) is 5.75 Å². The maximum Gasteiger partial charge on any atom is 0.120 e. The molecule has 0 aromatic heterocycles. The molecule has 0 amide bonds. The van der Waals surface area contributed by atoms with Gasteiger partial charge in [-0.05, 0) is 37.3 Å². The van der Waals surface area contributed by atoms with E-state index in [9.17, 15) is 0 Å². The first-order valence-electron chi connectivity index (χ1n) is 5.55. The van der Waals surface area contributed by atoms with Gasteiger partial charge in [-0.1, -0.05) is 29.5 Å². The molecule has 0 spiro atoms. The lowest BCUT2D eigenvalue weighted by Gasteiger charge is -2.06. The molecular formula is C15H13NOS. The molecule has 0 unspecified atom stereocenters. The summed E-state index contributed by atoms with van der Waals surface area (Å²) in [6.45, 7) is 2.06. The second-order valence-corrected chi connectivity index (χ2v) is 5.00. The van der Waals surface area contributed by atoms with Crippen molar-refractivity contribution in [2.24, 2.45) is 0 Å². The minimum Gasteiger partial charge on any atom is -0.497 e. The molecular weight excluding hydrogens is 242 g/mol. The lowest BCUT2D eigenvalue weighted by molar-refractivity contribution is 0.413. The van der Waals surface area contributed by atoms with E-state index >= 15 is 0 Å². The summed E-state index contributed by atoms with van der Waals surface area (Å²) in [6, 6.07) is 15.9. The fourth-order valence-electron chi connectivity index (χ4n) is 1.54. The van der Waals surface area contributed by atoms with Gasteiger partial charge in [0.2, 0.25) is 0 Å². The quantitative estimate of drug-likeness (QED) is 0.830. The zero-order valence-electron chi connectivity index (χ0n) is 10.3.